The average Bonchev–Trinajstić information content (AvgIpc) is 2.99. The highest BCUT2D eigenvalue weighted by Crippen LogP contribution is 2.34. The second kappa shape index (κ2) is 14.0. The van der Waals surface area contributed by atoms with Crippen molar-refractivity contribution in [2.24, 2.45) is 0 Å². The SMILES string of the molecule is OC(CNC(c1cccc(OCc2cccc(C(F)(F)F)c2)c1)c1cccc(OC(F)(F)C(F)F)c1)c1ccc(C(F)(F)F)cc1. The van der Waals surface area contributed by atoms with Crippen LogP contribution in [0.25, 0.3) is 0 Å². The zero-order chi connectivity index (χ0) is 33.7. The van der Waals surface area contributed by atoms with E-state index in [1.54, 1.807) is 6.07 Å². The van der Waals surface area contributed by atoms with Gasteiger partial charge in [0.05, 0.1) is 23.3 Å². The Morgan fingerprint density at radius 1 is 0.630 bits per heavy atom. The van der Waals surface area contributed by atoms with Gasteiger partial charge in [-0.1, -0.05) is 48.5 Å². The van der Waals surface area contributed by atoms with Crippen LogP contribution in [0.5, 0.6) is 11.5 Å². The number of aliphatic hydroxyl groups is 1. The molecule has 2 unspecified atom stereocenters. The van der Waals surface area contributed by atoms with E-state index in [0.717, 1.165) is 48.5 Å². The Kier molecular flexibility index (Phi) is 10.5. The normalized spacial score (nSPS) is 13.8. The lowest BCUT2D eigenvalue weighted by Crippen LogP contribution is -2.33. The minimum Gasteiger partial charge on any atom is -0.489 e. The molecule has 4 aromatic rings. The van der Waals surface area contributed by atoms with Crippen LogP contribution in [0, 0.1) is 0 Å². The minimum absolute atomic E-state index is 0.131. The summed E-state index contributed by atoms with van der Waals surface area (Å²) in [5, 5.41) is 13.7. The molecule has 4 aromatic carbocycles. The van der Waals surface area contributed by atoms with Crippen LogP contribution in [0.4, 0.5) is 43.9 Å². The summed E-state index contributed by atoms with van der Waals surface area (Å²) in [5.41, 5.74) is -0.840. The lowest BCUT2D eigenvalue weighted by Gasteiger charge is -2.24. The van der Waals surface area contributed by atoms with Crippen molar-refractivity contribution < 1.29 is 58.5 Å². The van der Waals surface area contributed by atoms with Crippen LogP contribution in [0.3, 0.4) is 0 Å². The maximum atomic E-state index is 13.6. The Bertz CT molecular complexity index is 1590. The monoisotopic (exact) mass is 661 g/mol. The maximum Gasteiger partial charge on any atom is 0.461 e. The molecule has 46 heavy (non-hydrogen) atoms. The van der Waals surface area contributed by atoms with Gasteiger partial charge in [-0.3, -0.25) is 0 Å². The summed E-state index contributed by atoms with van der Waals surface area (Å²) < 4.78 is 141. The molecule has 2 atom stereocenters. The first-order valence-corrected chi connectivity index (χ1v) is 13.5. The highest BCUT2D eigenvalue weighted by Gasteiger charge is 2.44. The molecule has 246 valence electrons. The zero-order valence-corrected chi connectivity index (χ0v) is 23.4. The Hall–Kier alpha value is -4.30. The van der Waals surface area contributed by atoms with Gasteiger partial charge in [0.15, 0.2) is 0 Å². The number of hydrogen-bond acceptors (Lipinski definition) is 4. The lowest BCUT2D eigenvalue weighted by molar-refractivity contribution is -0.253. The van der Waals surface area contributed by atoms with Crippen molar-refractivity contribution in [1.29, 1.82) is 0 Å². The molecular formula is C32H25F10NO3. The molecule has 0 bridgehead atoms. The van der Waals surface area contributed by atoms with E-state index in [0.29, 0.717) is 5.56 Å². The van der Waals surface area contributed by atoms with Gasteiger partial charge in [-0.05, 0) is 70.8 Å². The smallest absolute Gasteiger partial charge is 0.461 e. The first-order valence-electron chi connectivity index (χ1n) is 13.5. The Balaban J connectivity index is 1.60. The van der Waals surface area contributed by atoms with E-state index >= 15 is 0 Å². The van der Waals surface area contributed by atoms with Crippen LogP contribution in [-0.2, 0) is 19.0 Å². The molecule has 0 aromatic heterocycles. The fraction of sp³-hybridized carbons (Fsp3) is 0.250. The van der Waals surface area contributed by atoms with E-state index in [1.807, 2.05) is 0 Å². The third-order valence-electron chi connectivity index (χ3n) is 6.69. The summed E-state index contributed by atoms with van der Waals surface area (Å²) in [6.07, 6.45) is -19.4. The molecule has 0 aliphatic rings. The maximum absolute atomic E-state index is 13.6. The molecular weight excluding hydrogens is 636 g/mol. The highest BCUT2D eigenvalue weighted by atomic mass is 19.4. The molecule has 14 heteroatoms. The van der Waals surface area contributed by atoms with E-state index in [4.69, 9.17) is 4.74 Å². The van der Waals surface area contributed by atoms with Gasteiger partial charge in [0.1, 0.15) is 18.1 Å². The number of hydrogen-bond donors (Lipinski definition) is 2. The number of ether oxygens (including phenoxy) is 2. The Labute approximate surface area is 256 Å². The van der Waals surface area contributed by atoms with Crippen LogP contribution >= 0.6 is 0 Å². The van der Waals surface area contributed by atoms with Crippen LogP contribution in [-0.4, -0.2) is 24.2 Å². The number of rotatable bonds is 12. The number of nitrogens with one attached hydrogen (secondary N) is 1. The van der Waals surface area contributed by atoms with Gasteiger partial charge in [-0.25, -0.2) is 0 Å². The van der Waals surface area contributed by atoms with Gasteiger partial charge >= 0.3 is 24.9 Å². The number of halogens is 10. The molecule has 0 radical (unpaired) electrons. The molecule has 0 heterocycles. The first kappa shape index (κ1) is 34.6. The minimum atomic E-state index is -4.79. The summed E-state index contributed by atoms with van der Waals surface area (Å²) in [6, 6.07) is 18.2. The summed E-state index contributed by atoms with van der Waals surface area (Å²) in [7, 11) is 0. The summed E-state index contributed by atoms with van der Waals surface area (Å²) >= 11 is 0. The Morgan fingerprint density at radius 3 is 1.78 bits per heavy atom. The molecule has 0 saturated heterocycles. The van der Waals surface area contributed by atoms with Crippen molar-refractivity contribution in [1.82, 2.24) is 5.32 Å². The largest absolute Gasteiger partial charge is 0.489 e. The van der Waals surface area contributed by atoms with Crippen molar-refractivity contribution in [3.8, 4) is 11.5 Å². The average molecular weight is 662 g/mol. The number of alkyl halides is 10. The van der Waals surface area contributed by atoms with Gasteiger partial charge in [0.2, 0.25) is 0 Å². The van der Waals surface area contributed by atoms with Gasteiger partial charge in [-0.2, -0.15) is 43.9 Å². The molecule has 4 nitrogen and oxygen atoms in total. The quantitative estimate of drug-likeness (QED) is 0.149. The Morgan fingerprint density at radius 2 is 1.20 bits per heavy atom. The van der Waals surface area contributed by atoms with Crippen molar-refractivity contribution in [2.45, 2.75) is 43.6 Å². The summed E-state index contributed by atoms with van der Waals surface area (Å²) in [4.78, 5) is 0. The fourth-order valence-corrected chi connectivity index (χ4v) is 4.42. The highest BCUT2D eigenvalue weighted by molar-refractivity contribution is 5.40. The summed E-state index contributed by atoms with van der Waals surface area (Å²) in [5.74, 6) is -0.406. The van der Waals surface area contributed by atoms with Crippen LogP contribution in [0.1, 0.15) is 45.5 Å². The summed E-state index contributed by atoms with van der Waals surface area (Å²) in [6.45, 7) is -0.520. The second-order valence-corrected chi connectivity index (χ2v) is 10.1. The van der Waals surface area contributed by atoms with Crippen LogP contribution in [0.2, 0.25) is 0 Å². The van der Waals surface area contributed by atoms with Crippen LogP contribution in [0.15, 0.2) is 97.1 Å². The van der Waals surface area contributed by atoms with Gasteiger partial charge in [0.25, 0.3) is 0 Å². The molecule has 0 spiro atoms. The first-order chi connectivity index (χ1) is 21.5. The molecule has 0 fully saturated rings. The second-order valence-electron chi connectivity index (χ2n) is 10.1. The molecule has 0 amide bonds. The van der Waals surface area contributed by atoms with Gasteiger partial charge < -0.3 is 19.9 Å². The van der Waals surface area contributed by atoms with Gasteiger partial charge in [0, 0.05) is 6.54 Å². The van der Waals surface area contributed by atoms with E-state index in [2.05, 4.69) is 10.1 Å². The number of aliphatic hydroxyl groups excluding tert-OH is 1. The van der Waals surface area contributed by atoms with E-state index in [9.17, 15) is 49.0 Å². The zero-order valence-electron chi connectivity index (χ0n) is 23.4. The van der Waals surface area contributed by atoms with Crippen molar-refractivity contribution in [3.05, 3.63) is 130 Å². The predicted molar refractivity (Wildman–Crippen MR) is 146 cm³/mol. The predicted octanol–water partition coefficient (Wildman–Crippen LogP) is 8.95. The van der Waals surface area contributed by atoms with Crippen molar-refractivity contribution in [2.75, 3.05) is 6.54 Å². The van der Waals surface area contributed by atoms with Crippen molar-refractivity contribution in [3.63, 3.8) is 0 Å². The molecule has 0 aliphatic carbocycles. The fourth-order valence-electron chi connectivity index (χ4n) is 4.42. The van der Waals surface area contributed by atoms with E-state index in [-0.39, 0.29) is 35.6 Å². The third kappa shape index (κ3) is 9.13. The molecule has 2 N–H and O–H groups in total. The van der Waals surface area contributed by atoms with E-state index < -0.39 is 53.9 Å². The molecule has 0 saturated carbocycles. The van der Waals surface area contributed by atoms with E-state index in [1.165, 1.54) is 42.5 Å². The van der Waals surface area contributed by atoms with Crippen molar-refractivity contribution >= 4 is 0 Å². The standard InChI is InChI=1S/C32H25F10NO3/c33-29(34)32(41,42)46-26-9-3-6-22(16-26)28(43-17-27(44)20-10-12-23(13-11-20)30(35,36)37)21-5-2-8-25(15-21)45-18-19-4-1-7-24(14-19)31(38,39)40/h1-16,27-29,43-44H,17-18H2. The molecule has 0 aliphatic heterocycles. The van der Waals surface area contributed by atoms with Gasteiger partial charge in [-0.15, -0.1) is 0 Å². The van der Waals surface area contributed by atoms with Crippen LogP contribution < -0.4 is 14.8 Å². The lowest BCUT2D eigenvalue weighted by atomic mass is 9.97. The number of benzene rings is 4. The topological polar surface area (TPSA) is 50.7 Å². The molecule has 4 rings (SSSR count). The third-order valence-corrected chi connectivity index (χ3v) is 6.69.